The van der Waals surface area contributed by atoms with Gasteiger partial charge in [-0.05, 0) is 30.7 Å². The van der Waals surface area contributed by atoms with Crippen LogP contribution in [0.3, 0.4) is 0 Å². The van der Waals surface area contributed by atoms with Crippen LogP contribution in [0.5, 0.6) is 5.75 Å². The summed E-state index contributed by atoms with van der Waals surface area (Å²) in [4.78, 5) is 26.9. The number of ether oxygens (including phenoxy) is 2. The number of anilines is 2. The van der Waals surface area contributed by atoms with Crippen LogP contribution < -0.4 is 15.8 Å². The molecule has 0 bridgehead atoms. The predicted octanol–water partition coefficient (Wildman–Crippen LogP) is 2.18. The Kier molecular flexibility index (Phi) is 8.45. The van der Waals surface area contributed by atoms with Gasteiger partial charge in [-0.25, -0.2) is 9.97 Å². The number of thioether (sulfide) groups is 1. The fourth-order valence-corrected chi connectivity index (χ4v) is 5.77. The number of nitrogens with one attached hydrogen (secondary N) is 1. The van der Waals surface area contributed by atoms with Gasteiger partial charge in [-0.15, -0.1) is 0 Å². The van der Waals surface area contributed by atoms with E-state index in [4.69, 9.17) is 20.3 Å². The van der Waals surface area contributed by atoms with Crippen LogP contribution in [0.2, 0.25) is 0 Å². The summed E-state index contributed by atoms with van der Waals surface area (Å²) in [5.41, 5.74) is 8.52. The third kappa shape index (κ3) is 6.53. The number of β-amino-alcohol motifs (C(OH)–C–C–N with tert-alkyl or cyclic N) is 1. The van der Waals surface area contributed by atoms with Gasteiger partial charge in [0, 0.05) is 57.3 Å². The Hall–Kier alpha value is -2.86. The second-order valence-electron chi connectivity index (χ2n) is 9.36. The molecule has 3 aliphatic rings. The van der Waals surface area contributed by atoms with Gasteiger partial charge in [-0.2, -0.15) is 0 Å². The number of aromatic nitrogens is 2. The van der Waals surface area contributed by atoms with E-state index in [9.17, 15) is 4.79 Å². The highest BCUT2D eigenvalue weighted by molar-refractivity contribution is 8.04. The van der Waals surface area contributed by atoms with Crippen LogP contribution in [0.1, 0.15) is 19.3 Å². The van der Waals surface area contributed by atoms with Crippen molar-refractivity contribution < 1.29 is 19.4 Å². The van der Waals surface area contributed by atoms with E-state index in [0.29, 0.717) is 50.2 Å². The van der Waals surface area contributed by atoms with Crippen LogP contribution in [0, 0.1) is 0 Å². The van der Waals surface area contributed by atoms with Crippen LogP contribution in [-0.4, -0.2) is 94.8 Å². The Morgan fingerprint density at radius 2 is 2.03 bits per heavy atom. The number of nitrogens with two attached hydrogens (primary N) is 1. The Morgan fingerprint density at radius 1 is 1.22 bits per heavy atom. The van der Waals surface area contributed by atoms with Gasteiger partial charge in [0.25, 0.3) is 5.91 Å². The van der Waals surface area contributed by atoms with Gasteiger partial charge in [0.1, 0.15) is 11.9 Å². The molecule has 37 heavy (non-hydrogen) atoms. The average molecular weight is 527 g/mol. The lowest BCUT2D eigenvalue weighted by molar-refractivity contribution is -0.128. The number of aliphatic hydroxyl groups excluding tert-OH is 1. The second-order valence-corrected chi connectivity index (χ2v) is 10.6. The number of rotatable bonds is 8. The number of piperazine rings is 1. The number of aliphatic hydroxyl groups is 1. The largest absolute Gasteiger partial charge is 0.488 e. The van der Waals surface area contributed by atoms with Crippen molar-refractivity contribution in [3.05, 3.63) is 41.4 Å². The molecule has 11 heteroatoms. The molecule has 1 unspecified atom stereocenters. The molecule has 2 aromatic rings. The van der Waals surface area contributed by atoms with E-state index < -0.39 is 0 Å². The number of benzene rings is 1. The molecular weight excluding hydrogens is 492 g/mol. The zero-order chi connectivity index (χ0) is 25.6. The Bertz CT molecular complexity index is 1120. The number of amides is 1. The molecule has 0 radical (unpaired) electrons. The quantitative estimate of drug-likeness (QED) is 0.441. The average Bonchev–Trinajstić information content (AvgIpc) is 3.39. The summed E-state index contributed by atoms with van der Waals surface area (Å²) in [5, 5.41) is 12.5. The van der Waals surface area contributed by atoms with Crippen LogP contribution in [0.25, 0.3) is 11.3 Å². The minimum Gasteiger partial charge on any atom is -0.488 e. The molecule has 4 N–H and O–H groups in total. The maximum Gasteiger partial charge on any atom is 0.260 e. The summed E-state index contributed by atoms with van der Waals surface area (Å²) in [6, 6.07) is 7.59. The lowest BCUT2D eigenvalue weighted by Crippen LogP contribution is -2.49. The number of nitrogen functional groups attached to an aromatic ring is 1. The number of hydrogen-bond donors (Lipinski definition) is 3. The monoisotopic (exact) mass is 526 g/mol. The smallest absolute Gasteiger partial charge is 0.260 e. The second kappa shape index (κ2) is 12.1. The van der Waals surface area contributed by atoms with E-state index in [2.05, 4.69) is 20.2 Å². The van der Waals surface area contributed by atoms with Crippen LogP contribution in [0.15, 0.2) is 41.4 Å². The summed E-state index contributed by atoms with van der Waals surface area (Å²) in [6.45, 7) is 5.18. The molecule has 5 rings (SSSR count). The van der Waals surface area contributed by atoms with Gasteiger partial charge in [0.2, 0.25) is 5.95 Å². The molecule has 1 amide bonds. The standard InChI is InChI=1S/C26H34N6O4S/c27-20-17-18(1-2-22(20)36-19-6-15-35-16-7-19)21-5-8-28-26(29-21)30-24-4-3-23(37-24)25(34)32-11-9-31(10-12-32)13-14-33/h1-3,5,8,17,19,24,33H,4,6-7,9-16,27H2,(H,28,29,30). The van der Waals surface area contributed by atoms with Crippen molar-refractivity contribution in [2.24, 2.45) is 0 Å². The fourth-order valence-electron chi connectivity index (χ4n) is 4.68. The van der Waals surface area contributed by atoms with Crippen molar-refractivity contribution in [1.82, 2.24) is 19.8 Å². The molecule has 10 nitrogen and oxygen atoms in total. The zero-order valence-electron chi connectivity index (χ0n) is 20.8. The summed E-state index contributed by atoms with van der Waals surface area (Å²) >= 11 is 1.52. The van der Waals surface area contributed by atoms with Gasteiger partial charge < -0.3 is 30.5 Å². The molecule has 2 fully saturated rings. The van der Waals surface area contributed by atoms with E-state index in [0.717, 1.165) is 48.5 Å². The van der Waals surface area contributed by atoms with Crippen molar-refractivity contribution in [1.29, 1.82) is 0 Å². The van der Waals surface area contributed by atoms with Crippen molar-refractivity contribution in [2.45, 2.75) is 30.7 Å². The highest BCUT2D eigenvalue weighted by atomic mass is 32.2. The summed E-state index contributed by atoms with van der Waals surface area (Å²) in [6.07, 6.45) is 6.29. The van der Waals surface area contributed by atoms with Crippen molar-refractivity contribution in [2.75, 3.05) is 63.6 Å². The first-order chi connectivity index (χ1) is 18.1. The highest BCUT2D eigenvalue weighted by Gasteiger charge is 2.29. The third-order valence-electron chi connectivity index (χ3n) is 6.79. The lowest BCUT2D eigenvalue weighted by atomic mass is 10.1. The molecule has 2 saturated heterocycles. The first-order valence-electron chi connectivity index (χ1n) is 12.8. The summed E-state index contributed by atoms with van der Waals surface area (Å²) in [7, 11) is 0. The van der Waals surface area contributed by atoms with E-state index >= 15 is 0 Å². The predicted molar refractivity (Wildman–Crippen MR) is 144 cm³/mol. The maximum atomic E-state index is 13.0. The van der Waals surface area contributed by atoms with Gasteiger partial charge in [0.05, 0.1) is 41.5 Å². The SMILES string of the molecule is Nc1cc(-c2ccnc(NC3CC=C(C(=O)N4CCN(CCO)CC4)S3)n2)ccc1OC1CCOCC1. The number of hydrogen-bond acceptors (Lipinski definition) is 10. The molecule has 4 heterocycles. The van der Waals surface area contributed by atoms with Gasteiger partial charge in [0.15, 0.2) is 0 Å². The summed E-state index contributed by atoms with van der Waals surface area (Å²) < 4.78 is 11.5. The first kappa shape index (κ1) is 25.8. The molecule has 1 aromatic heterocycles. The molecule has 0 spiro atoms. The van der Waals surface area contributed by atoms with Gasteiger partial charge >= 0.3 is 0 Å². The molecule has 1 aromatic carbocycles. The van der Waals surface area contributed by atoms with Gasteiger partial charge in [-0.3, -0.25) is 9.69 Å². The zero-order valence-corrected chi connectivity index (χ0v) is 21.7. The molecule has 198 valence electrons. The number of nitrogens with zero attached hydrogens (tertiary/aromatic N) is 4. The van der Waals surface area contributed by atoms with Crippen LogP contribution >= 0.6 is 11.8 Å². The van der Waals surface area contributed by atoms with Gasteiger partial charge in [-0.1, -0.05) is 17.8 Å². The topological polar surface area (TPSA) is 126 Å². The van der Waals surface area contributed by atoms with Crippen molar-refractivity contribution in [3.8, 4) is 17.0 Å². The van der Waals surface area contributed by atoms with E-state index in [1.54, 1.807) is 6.20 Å². The number of carbonyl (C=O) groups is 1. The fraction of sp³-hybridized carbons (Fsp3) is 0.500. The Morgan fingerprint density at radius 3 is 2.78 bits per heavy atom. The van der Waals surface area contributed by atoms with Crippen LogP contribution in [-0.2, 0) is 9.53 Å². The van der Waals surface area contributed by atoms with E-state index in [1.165, 1.54) is 11.8 Å². The molecular formula is C26H34N6O4S. The lowest BCUT2D eigenvalue weighted by Gasteiger charge is -2.34. The first-order valence-corrected chi connectivity index (χ1v) is 13.7. The minimum atomic E-state index is -0.00908. The number of carbonyl (C=O) groups excluding carboxylic acids is 1. The van der Waals surface area contributed by atoms with Crippen LogP contribution in [0.4, 0.5) is 11.6 Å². The molecule has 1 atom stereocenters. The van der Waals surface area contributed by atoms with Crippen molar-refractivity contribution in [3.63, 3.8) is 0 Å². The van der Waals surface area contributed by atoms with E-state index in [1.807, 2.05) is 35.2 Å². The summed E-state index contributed by atoms with van der Waals surface area (Å²) in [5.74, 6) is 1.27. The van der Waals surface area contributed by atoms with Crippen molar-refractivity contribution >= 4 is 29.3 Å². The molecule has 0 saturated carbocycles. The maximum absolute atomic E-state index is 13.0. The third-order valence-corrected chi connectivity index (χ3v) is 7.98. The minimum absolute atomic E-state index is 0.00908. The Balaban J connectivity index is 1.16. The van der Waals surface area contributed by atoms with E-state index in [-0.39, 0.29) is 24.0 Å². The Labute approximate surface area is 221 Å². The normalized spacial score (nSPS) is 21.1. The molecule has 0 aliphatic carbocycles. The highest BCUT2D eigenvalue weighted by Crippen LogP contribution is 2.34. The molecule has 3 aliphatic heterocycles.